The molecule has 0 aliphatic heterocycles. The Morgan fingerprint density at radius 1 is 1.11 bits per heavy atom. The maximum Gasteiger partial charge on any atom is 0.276 e. The Morgan fingerprint density at radius 3 is 2.06 bits per heavy atom. The van der Waals surface area contributed by atoms with E-state index < -0.39 is 9.85 Å². The van der Waals surface area contributed by atoms with Gasteiger partial charge in [-0.2, -0.15) is 0 Å². The molecule has 0 aliphatic rings. The quantitative estimate of drug-likeness (QED) is 0.670. The highest BCUT2D eigenvalue weighted by Gasteiger charge is 2.18. The number of benzene rings is 1. The van der Waals surface area contributed by atoms with Gasteiger partial charge in [0.1, 0.15) is 0 Å². The van der Waals surface area contributed by atoms with Crippen LogP contribution in [0, 0.1) is 20.2 Å². The highest BCUT2D eigenvalue weighted by molar-refractivity contribution is 7.18. The molecule has 2 N–H and O–H groups in total. The van der Waals surface area contributed by atoms with E-state index >= 15 is 0 Å². The lowest BCUT2D eigenvalue weighted by Crippen LogP contribution is -1.93. The third-order valence-electron chi connectivity index (χ3n) is 2.13. The lowest BCUT2D eigenvalue weighted by Gasteiger charge is -1.98. The summed E-state index contributed by atoms with van der Waals surface area (Å²) in [5.74, 6) is 0. The van der Waals surface area contributed by atoms with Gasteiger partial charge in [-0.05, 0) is 0 Å². The van der Waals surface area contributed by atoms with Gasteiger partial charge in [-0.25, -0.2) is 4.98 Å². The van der Waals surface area contributed by atoms with E-state index in [4.69, 9.17) is 5.73 Å². The zero-order valence-electron chi connectivity index (χ0n) is 8.77. The fourth-order valence-electron chi connectivity index (χ4n) is 1.37. The van der Waals surface area contributed by atoms with E-state index in [0.717, 1.165) is 17.4 Å². The molecule has 0 atom stereocenters. The predicted octanol–water partition coefficient (Wildman–Crippen LogP) is 2.21. The van der Waals surface area contributed by atoms with Crippen molar-refractivity contribution in [3.05, 3.63) is 44.6 Å². The van der Waals surface area contributed by atoms with Crippen LogP contribution < -0.4 is 5.73 Å². The van der Waals surface area contributed by atoms with Gasteiger partial charge < -0.3 is 5.73 Å². The third kappa shape index (κ3) is 2.25. The molecule has 0 unspecified atom stereocenters. The Bertz CT molecular complexity index is 607. The molecule has 0 saturated heterocycles. The van der Waals surface area contributed by atoms with Gasteiger partial charge in [0.05, 0.1) is 20.8 Å². The first-order chi connectivity index (χ1) is 8.47. The second-order valence-corrected chi connectivity index (χ2v) is 4.38. The molecule has 2 rings (SSSR count). The van der Waals surface area contributed by atoms with E-state index in [9.17, 15) is 20.2 Å². The van der Waals surface area contributed by atoms with Crippen molar-refractivity contribution in [1.29, 1.82) is 0 Å². The lowest BCUT2D eigenvalue weighted by atomic mass is 10.1. The Morgan fingerprint density at radius 2 is 1.67 bits per heavy atom. The van der Waals surface area contributed by atoms with E-state index in [1.54, 1.807) is 0 Å². The van der Waals surface area contributed by atoms with Gasteiger partial charge in [-0.15, -0.1) is 0 Å². The normalized spacial score (nSPS) is 10.2. The molecule has 0 radical (unpaired) electrons. The number of nitro benzene ring substituents is 2. The molecule has 18 heavy (non-hydrogen) atoms. The number of nitrogens with two attached hydrogens (primary N) is 1. The summed E-state index contributed by atoms with van der Waals surface area (Å²) in [4.78, 5) is 24.4. The van der Waals surface area contributed by atoms with Gasteiger partial charge in [0.25, 0.3) is 11.4 Å². The van der Waals surface area contributed by atoms with Gasteiger partial charge >= 0.3 is 0 Å². The van der Waals surface area contributed by atoms with Crippen molar-refractivity contribution >= 4 is 27.8 Å². The molecule has 1 heterocycles. The van der Waals surface area contributed by atoms with E-state index in [0.29, 0.717) is 15.6 Å². The average Bonchev–Trinajstić information content (AvgIpc) is 2.75. The number of hydrogen-bond donors (Lipinski definition) is 1. The summed E-state index contributed by atoms with van der Waals surface area (Å²) in [6.07, 6.45) is 1.42. The zero-order valence-corrected chi connectivity index (χ0v) is 9.59. The van der Waals surface area contributed by atoms with Crippen LogP contribution in [0.2, 0.25) is 0 Å². The van der Waals surface area contributed by atoms with Crippen molar-refractivity contribution in [1.82, 2.24) is 4.98 Å². The number of nitrogen functional groups attached to an aromatic ring is 1. The molecule has 0 amide bonds. The summed E-state index contributed by atoms with van der Waals surface area (Å²) in [7, 11) is 0. The molecule has 8 nitrogen and oxygen atoms in total. The smallest absolute Gasteiger partial charge is 0.276 e. The summed E-state index contributed by atoms with van der Waals surface area (Å²) in [6.45, 7) is 0. The summed E-state index contributed by atoms with van der Waals surface area (Å²) in [5, 5.41) is 21.7. The van der Waals surface area contributed by atoms with Crippen molar-refractivity contribution in [3.63, 3.8) is 0 Å². The Labute approximate surface area is 104 Å². The van der Waals surface area contributed by atoms with Crippen molar-refractivity contribution < 1.29 is 9.85 Å². The molecule has 0 spiro atoms. The van der Waals surface area contributed by atoms with Crippen molar-refractivity contribution in [2.24, 2.45) is 0 Å². The van der Waals surface area contributed by atoms with Crippen molar-refractivity contribution in [3.8, 4) is 10.4 Å². The van der Waals surface area contributed by atoms with Crippen LogP contribution in [0.1, 0.15) is 0 Å². The maximum atomic E-state index is 10.7. The minimum absolute atomic E-state index is 0.291. The average molecular weight is 266 g/mol. The molecule has 0 bridgehead atoms. The van der Waals surface area contributed by atoms with E-state index in [1.165, 1.54) is 18.3 Å². The fraction of sp³-hybridized carbons (Fsp3) is 0. The monoisotopic (exact) mass is 266 g/mol. The molecular formula is C9H6N4O4S. The largest absolute Gasteiger partial charge is 0.375 e. The Kier molecular flexibility index (Phi) is 2.90. The van der Waals surface area contributed by atoms with Crippen LogP contribution in [-0.4, -0.2) is 14.8 Å². The second-order valence-electron chi connectivity index (χ2n) is 3.32. The number of thiazole rings is 1. The Balaban J connectivity index is 2.60. The minimum atomic E-state index is -0.680. The number of nitro groups is 2. The van der Waals surface area contributed by atoms with Gasteiger partial charge in [0, 0.05) is 23.9 Å². The Hall–Kier alpha value is -2.55. The SMILES string of the molecule is Nc1ncc(-c2cc([N+](=O)[O-])cc([N+](=O)[O-])c2)s1. The first kappa shape index (κ1) is 11.9. The highest BCUT2D eigenvalue weighted by Crippen LogP contribution is 2.33. The highest BCUT2D eigenvalue weighted by atomic mass is 32.1. The van der Waals surface area contributed by atoms with Gasteiger partial charge in [-0.1, -0.05) is 11.3 Å². The molecular weight excluding hydrogens is 260 g/mol. The van der Waals surface area contributed by atoms with Gasteiger partial charge in [0.2, 0.25) is 0 Å². The lowest BCUT2D eigenvalue weighted by molar-refractivity contribution is -0.394. The van der Waals surface area contributed by atoms with Gasteiger partial charge in [0.15, 0.2) is 5.13 Å². The number of rotatable bonds is 3. The van der Waals surface area contributed by atoms with Crippen LogP contribution in [0.5, 0.6) is 0 Å². The first-order valence-corrected chi connectivity index (χ1v) is 5.44. The molecule has 0 fully saturated rings. The van der Waals surface area contributed by atoms with Crippen LogP contribution >= 0.6 is 11.3 Å². The fourth-order valence-corrected chi connectivity index (χ4v) is 2.04. The predicted molar refractivity (Wildman–Crippen MR) is 65.3 cm³/mol. The number of non-ortho nitro benzene ring substituents is 2. The standard InChI is InChI=1S/C9H6N4O4S/c10-9-11-4-8(18-9)5-1-6(12(14)15)3-7(2-5)13(16)17/h1-4H,(H2,10,11). The first-order valence-electron chi connectivity index (χ1n) is 4.63. The van der Waals surface area contributed by atoms with Crippen LogP contribution in [0.4, 0.5) is 16.5 Å². The third-order valence-corrected chi connectivity index (χ3v) is 3.01. The summed E-state index contributed by atoms with van der Waals surface area (Å²) in [5.41, 5.74) is 5.12. The van der Waals surface area contributed by atoms with Crippen LogP contribution in [0.15, 0.2) is 24.4 Å². The summed E-state index contributed by atoms with van der Waals surface area (Å²) in [6, 6.07) is 3.41. The van der Waals surface area contributed by atoms with E-state index in [2.05, 4.69) is 4.98 Å². The number of aromatic nitrogens is 1. The van der Waals surface area contributed by atoms with E-state index in [1.807, 2.05) is 0 Å². The van der Waals surface area contributed by atoms with Crippen molar-refractivity contribution in [2.45, 2.75) is 0 Å². The second kappa shape index (κ2) is 4.37. The van der Waals surface area contributed by atoms with Crippen molar-refractivity contribution in [2.75, 3.05) is 5.73 Å². The molecule has 2 aromatic rings. The zero-order chi connectivity index (χ0) is 13.3. The number of nitrogens with zero attached hydrogens (tertiary/aromatic N) is 3. The minimum Gasteiger partial charge on any atom is -0.375 e. The van der Waals surface area contributed by atoms with Gasteiger partial charge in [-0.3, -0.25) is 20.2 Å². The molecule has 9 heteroatoms. The molecule has 1 aromatic carbocycles. The molecule has 0 saturated carbocycles. The maximum absolute atomic E-state index is 10.7. The van der Waals surface area contributed by atoms with Crippen LogP contribution in [0.25, 0.3) is 10.4 Å². The number of anilines is 1. The summed E-state index contributed by atoms with van der Waals surface area (Å²) >= 11 is 1.10. The molecule has 1 aromatic heterocycles. The van der Waals surface area contributed by atoms with Crippen LogP contribution in [0.3, 0.4) is 0 Å². The summed E-state index contributed by atoms with van der Waals surface area (Å²) < 4.78 is 0. The molecule has 0 aliphatic carbocycles. The van der Waals surface area contributed by atoms with Crippen LogP contribution in [-0.2, 0) is 0 Å². The van der Waals surface area contributed by atoms with E-state index in [-0.39, 0.29) is 11.4 Å². The number of hydrogen-bond acceptors (Lipinski definition) is 7. The molecule has 92 valence electrons. The topological polar surface area (TPSA) is 125 Å².